The molecule has 0 amide bonds. The normalized spacial score (nSPS) is 15.9. The van der Waals surface area contributed by atoms with Crippen molar-refractivity contribution >= 4 is 27.3 Å². The third kappa shape index (κ3) is 3.82. The van der Waals surface area contributed by atoms with Gasteiger partial charge < -0.3 is 9.64 Å². The van der Waals surface area contributed by atoms with Crippen LogP contribution in [-0.4, -0.2) is 45.5 Å². The molecule has 1 aliphatic rings. The zero-order valence-electron chi connectivity index (χ0n) is 15.0. The van der Waals surface area contributed by atoms with E-state index in [9.17, 15) is 8.42 Å². The van der Waals surface area contributed by atoms with E-state index in [1.165, 1.54) is 4.31 Å². The Morgan fingerprint density at radius 2 is 1.77 bits per heavy atom. The van der Waals surface area contributed by atoms with Gasteiger partial charge in [0, 0.05) is 26.2 Å². The molecule has 7 heteroatoms. The molecule has 0 N–H and O–H groups in total. The first-order valence-electron chi connectivity index (χ1n) is 8.66. The highest BCUT2D eigenvalue weighted by Crippen LogP contribution is 2.28. The van der Waals surface area contributed by atoms with Crippen molar-refractivity contribution in [3.8, 4) is 5.75 Å². The molecule has 140 valence electrons. The summed E-state index contributed by atoms with van der Waals surface area (Å²) in [6.07, 6.45) is 0. The van der Waals surface area contributed by atoms with Crippen LogP contribution in [0.4, 0.5) is 5.69 Å². The van der Waals surface area contributed by atoms with Crippen molar-refractivity contribution in [1.82, 2.24) is 4.31 Å². The number of rotatable bonds is 5. The molecule has 26 heavy (non-hydrogen) atoms. The molecule has 0 aliphatic carbocycles. The van der Waals surface area contributed by atoms with Crippen LogP contribution in [0.15, 0.2) is 47.4 Å². The molecule has 0 atom stereocenters. The highest BCUT2D eigenvalue weighted by atomic mass is 35.5. The van der Waals surface area contributed by atoms with Crippen LogP contribution in [0, 0.1) is 6.92 Å². The maximum atomic E-state index is 13.0. The maximum Gasteiger partial charge on any atom is 0.243 e. The van der Waals surface area contributed by atoms with E-state index >= 15 is 0 Å². The van der Waals surface area contributed by atoms with E-state index in [1.54, 1.807) is 18.2 Å². The number of nitrogens with zero attached hydrogens (tertiary/aromatic N) is 2. The van der Waals surface area contributed by atoms with Crippen LogP contribution in [-0.2, 0) is 10.0 Å². The number of benzene rings is 2. The molecule has 1 fully saturated rings. The molecule has 1 saturated heterocycles. The minimum atomic E-state index is -3.51. The van der Waals surface area contributed by atoms with E-state index in [1.807, 2.05) is 38.1 Å². The van der Waals surface area contributed by atoms with Crippen molar-refractivity contribution in [2.75, 3.05) is 37.7 Å². The lowest BCUT2D eigenvalue weighted by atomic mass is 10.2. The molecular formula is C19H23ClN2O3S. The zero-order valence-corrected chi connectivity index (χ0v) is 16.6. The van der Waals surface area contributed by atoms with Crippen LogP contribution in [0.5, 0.6) is 5.75 Å². The summed E-state index contributed by atoms with van der Waals surface area (Å²) in [5, 5.41) is 0.686. The van der Waals surface area contributed by atoms with Gasteiger partial charge in [-0.1, -0.05) is 23.7 Å². The number of halogens is 1. The number of para-hydroxylation sites is 1. The van der Waals surface area contributed by atoms with Crippen LogP contribution in [0.1, 0.15) is 12.5 Å². The largest absolute Gasteiger partial charge is 0.494 e. The number of hydrogen-bond donors (Lipinski definition) is 0. The monoisotopic (exact) mass is 394 g/mol. The summed E-state index contributed by atoms with van der Waals surface area (Å²) in [4.78, 5) is 2.43. The SMILES string of the molecule is CCOc1ccc(S(=O)(=O)N2CCN(c3ccccc3Cl)CC2)cc1C. The molecule has 2 aromatic rings. The second kappa shape index (κ2) is 7.86. The number of aryl methyl sites for hydroxylation is 1. The van der Waals surface area contributed by atoms with Gasteiger partial charge in [-0.05, 0) is 49.7 Å². The summed E-state index contributed by atoms with van der Waals surface area (Å²) in [6, 6.07) is 12.7. The number of ether oxygens (including phenoxy) is 1. The summed E-state index contributed by atoms with van der Waals surface area (Å²) < 4.78 is 33.0. The zero-order chi connectivity index (χ0) is 18.7. The molecule has 5 nitrogen and oxygen atoms in total. The molecule has 0 saturated carbocycles. The van der Waals surface area contributed by atoms with Gasteiger partial charge in [0.15, 0.2) is 0 Å². The Morgan fingerprint density at radius 3 is 2.38 bits per heavy atom. The van der Waals surface area contributed by atoms with Crippen molar-refractivity contribution in [3.05, 3.63) is 53.1 Å². The first-order valence-corrected chi connectivity index (χ1v) is 10.5. The van der Waals surface area contributed by atoms with E-state index in [0.717, 1.165) is 17.0 Å². The lowest BCUT2D eigenvalue weighted by Gasteiger charge is -2.35. The average molecular weight is 395 g/mol. The second-order valence-electron chi connectivity index (χ2n) is 6.20. The van der Waals surface area contributed by atoms with Crippen molar-refractivity contribution in [2.45, 2.75) is 18.7 Å². The van der Waals surface area contributed by atoms with Crippen LogP contribution >= 0.6 is 11.6 Å². The topological polar surface area (TPSA) is 49.9 Å². The number of hydrogen-bond acceptors (Lipinski definition) is 4. The van der Waals surface area contributed by atoms with Gasteiger partial charge in [0.2, 0.25) is 10.0 Å². The van der Waals surface area contributed by atoms with Gasteiger partial charge in [-0.2, -0.15) is 4.31 Å². The van der Waals surface area contributed by atoms with Gasteiger partial charge in [-0.15, -0.1) is 0 Å². The highest BCUT2D eigenvalue weighted by Gasteiger charge is 2.29. The summed E-state index contributed by atoms with van der Waals surface area (Å²) in [5.74, 6) is 0.718. The van der Waals surface area contributed by atoms with Gasteiger partial charge in [0.25, 0.3) is 0 Å². The first kappa shape index (κ1) is 19.0. The Balaban J connectivity index is 1.74. The Labute approximate surface area is 160 Å². The Hall–Kier alpha value is -1.76. The molecule has 3 rings (SSSR count). The summed E-state index contributed by atoms with van der Waals surface area (Å²) in [6.45, 7) is 6.40. The van der Waals surface area contributed by atoms with E-state index in [2.05, 4.69) is 4.90 Å². The van der Waals surface area contributed by atoms with E-state index in [4.69, 9.17) is 16.3 Å². The molecule has 2 aromatic carbocycles. The van der Waals surface area contributed by atoms with E-state index < -0.39 is 10.0 Å². The quantitative estimate of drug-likeness (QED) is 0.778. The lowest BCUT2D eigenvalue weighted by molar-refractivity contribution is 0.337. The Kier molecular flexibility index (Phi) is 5.75. The standard InChI is InChI=1S/C19H23ClN2O3S/c1-3-25-19-9-8-16(14-15(19)2)26(23,24)22-12-10-21(11-13-22)18-7-5-4-6-17(18)20/h4-9,14H,3,10-13H2,1-2H3. The van der Waals surface area contributed by atoms with Crippen LogP contribution in [0.3, 0.4) is 0 Å². The third-order valence-electron chi connectivity index (χ3n) is 4.52. The lowest BCUT2D eigenvalue weighted by Crippen LogP contribution is -2.48. The molecule has 1 aliphatic heterocycles. The molecular weight excluding hydrogens is 372 g/mol. The summed E-state index contributed by atoms with van der Waals surface area (Å²) in [5.41, 5.74) is 1.77. The van der Waals surface area contributed by atoms with Crippen molar-refractivity contribution in [3.63, 3.8) is 0 Å². The predicted molar refractivity (Wildman–Crippen MR) is 105 cm³/mol. The van der Waals surface area contributed by atoms with Gasteiger partial charge in [-0.25, -0.2) is 8.42 Å². The smallest absolute Gasteiger partial charge is 0.243 e. The Bertz CT molecular complexity index is 878. The highest BCUT2D eigenvalue weighted by molar-refractivity contribution is 7.89. The number of anilines is 1. The molecule has 0 unspecified atom stereocenters. The van der Waals surface area contributed by atoms with Crippen LogP contribution < -0.4 is 9.64 Å². The van der Waals surface area contributed by atoms with E-state index in [-0.39, 0.29) is 0 Å². The van der Waals surface area contributed by atoms with Crippen LogP contribution in [0.25, 0.3) is 0 Å². The Morgan fingerprint density at radius 1 is 1.08 bits per heavy atom. The molecule has 0 aromatic heterocycles. The average Bonchev–Trinajstić information content (AvgIpc) is 2.64. The summed E-state index contributed by atoms with van der Waals surface area (Å²) >= 11 is 6.25. The number of sulfonamides is 1. The first-order chi connectivity index (χ1) is 12.4. The third-order valence-corrected chi connectivity index (χ3v) is 6.73. The fourth-order valence-corrected chi connectivity index (χ4v) is 4.89. The van der Waals surface area contributed by atoms with Gasteiger partial charge >= 0.3 is 0 Å². The molecule has 0 bridgehead atoms. The van der Waals surface area contributed by atoms with E-state index in [0.29, 0.717) is 42.7 Å². The summed E-state index contributed by atoms with van der Waals surface area (Å²) in [7, 11) is -3.51. The fourth-order valence-electron chi connectivity index (χ4n) is 3.13. The maximum absolute atomic E-state index is 13.0. The second-order valence-corrected chi connectivity index (χ2v) is 8.55. The van der Waals surface area contributed by atoms with Gasteiger partial charge in [0.05, 0.1) is 22.2 Å². The molecule has 1 heterocycles. The minimum Gasteiger partial charge on any atom is -0.494 e. The van der Waals surface area contributed by atoms with Crippen molar-refractivity contribution in [2.24, 2.45) is 0 Å². The minimum absolute atomic E-state index is 0.310. The fraction of sp³-hybridized carbons (Fsp3) is 0.368. The molecule has 0 radical (unpaired) electrons. The van der Waals surface area contributed by atoms with Gasteiger partial charge in [-0.3, -0.25) is 0 Å². The van der Waals surface area contributed by atoms with Crippen LogP contribution in [0.2, 0.25) is 5.02 Å². The van der Waals surface area contributed by atoms with Crippen molar-refractivity contribution < 1.29 is 13.2 Å². The molecule has 0 spiro atoms. The van der Waals surface area contributed by atoms with Gasteiger partial charge in [0.1, 0.15) is 5.75 Å². The predicted octanol–water partition coefficient (Wildman–Crippen LogP) is 3.56. The van der Waals surface area contributed by atoms with Crippen molar-refractivity contribution in [1.29, 1.82) is 0 Å². The number of piperazine rings is 1.